The molecule has 7 nitrogen and oxygen atoms in total. The topological polar surface area (TPSA) is 71.3 Å². The fraction of sp³-hybridized carbons (Fsp3) is 0.455. The van der Waals surface area contributed by atoms with Crippen molar-refractivity contribution in [3.8, 4) is 0 Å². The van der Waals surface area contributed by atoms with Gasteiger partial charge in [0, 0.05) is 55.9 Å². The number of nitrogens with zero attached hydrogens (tertiary/aromatic N) is 5. The normalized spacial score (nSPS) is 18.0. The number of piperazine rings is 1. The number of hydrogen-bond acceptors (Lipinski definition) is 6. The summed E-state index contributed by atoms with van der Waals surface area (Å²) in [4.78, 5) is 14.2. The number of aromatic nitrogens is 3. The van der Waals surface area contributed by atoms with Gasteiger partial charge in [-0.05, 0) is 57.0 Å². The van der Waals surface area contributed by atoms with Crippen LogP contribution in [0.25, 0.3) is 10.9 Å². The van der Waals surface area contributed by atoms with E-state index in [9.17, 15) is 8.42 Å². The minimum Gasteiger partial charge on any atom is -0.351 e. The fourth-order valence-electron chi connectivity index (χ4n) is 4.46. The van der Waals surface area contributed by atoms with Gasteiger partial charge < -0.3 is 14.4 Å². The zero-order valence-corrected chi connectivity index (χ0v) is 18.3. The lowest BCUT2D eigenvalue weighted by molar-refractivity contribution is 0.310. The van der Waals surface area contributed by atoms with Crippen molar-refractivity contribution in [1.82, 2.24) is 19.4 Å². The quantitative estimate of drug-likeness (QED) is 0.600. The summed E-state index contributed by atoms with van der Waals surface area (Å²) >= 11 is 0. The Morgan fingerprint density at radius 2 is 1.70 bits per heavy atom. The van der Waals surface area contributed by atoms with Gasteiger partial charge in [0.25, 0.3) is 0 Å². The minimum absolute atomic E-state index is 0.205. The van der Waals surface area contributed by atoms with Crippen molar-refractivity contribution in [1.29, 1.82) is 0 Å². The second-order valence-electron chi connectivity index (χ2n) is 8.40. The summed E-state index contributed by atoms with van der Waals surface area (Å²) in [6.45, 7) is 3.47. The molecule has 5 rings (SSSR count). The smallest absolute Gasteiger partial charge is 0.226 e. The molecule has 0 amide bonds. The molecule has 3 heterocycles. The van der Waals surface area contributed by atoms with Crippen molar-refractivity contribution < 1.29 is 8.42 Å². The summed E-state index contributed by atoms with van der Waals surface area (Å²) in [5, 5.41) is 1.12. The number of rotatable bonds is 3. The molecule has 1 saturated heterocycles. The van der Waals surface area contributed by atoms with E-state index >= 15 is 0 Å². The summed E-state index contributed by atoms with van der Waals surface area (Å²) in [6.07, 6.45) is 5.50. The van der Waals surface area contributed by atoms with Gasteiger partial charge in [0.05, 0.1) is 10.6 Å². The average Bonchev–Trinajstić information content (AvgIpc) is 3.13. The Bertz CT molecular complexity index is 1210. The lowest BCUT2D eigenvalue weighted by atomic mass is 9.97. The highest BCUT2D eigenvalue weighted by atomic mass is 32.2. The van der Waals surface area contributed by atoms with E-state index in [4.69, 9.17) is 4.98 Å². The second-order valence-corrected chi connectivity index (χ2v) is 10.3. The highest BCUT2D eigenvalue weighted by Gasteiger charge is 2.30. The van der Waals surface area contributed by atoms with E-state index in [2.05, 4.69) is 21.8 Å². The number of likely N-dealkylation sites (N-methyl/N-ethyl adjacent to an activating group) is 1. The lowest BCUT2D eigenvalue weighted by Crippen LogP contribution is -2.45. The van der Waals surface area contributed by atoms with E-state index in [1.807, 2.05) is 29.9 Å². The molecule has 3 aromatic rings. The minimum atomic E-state index is -3.73. The Balaban J connectivity index is 1.63. The molecule has 1 fully saturated rings. The van der Waals surface area contributed by atoms with E-state index in [-0.39, 0.29) is 5.03 Å². The van der Waals surface area contributed by atoms with Crippen molar-refractivity contribution in [2.24, 2.45) is 7.05 Å². The van der Waals surface area contributed by atoms with E-state index < -0.39 is 9.84 Å². The predicted molar refractivity (Wildman–Crippen MR) is 117 cm³/mol. The molecule has 0 unspecified atom stereocenters. The van der Waals surface area contributed by atoms with E-state index in [0.29, 0.717) is 10.8 Å². The lowest BCUT2D eigenvalue weighted by Gasteiger charge is -2.33. The Hall–Kier alpha value is -2.45. The van der Waals surface area contributed by atoms with Crippen LogP contribution in [0.15, 0.2) is 40.4 Å². The fourth-order valence-corrected chi connectivity index (χ4v) is 5.95. The standard InChI is InChI=1S/C22H27N5O2S/c1-25-11-13-27(14-12-25)22-23-19-6-4-3-5-18(19)21(24-22)30(28,29)17-7-8-20-16(15-17)9-10-26(20)2/h7-10,15H,3-6,11-14H2,1-2H3. The molecule has 1 aliphatic carbocycles. The third-order valence-electron chi connectivity index (χ3n) is 6.34. The van der Waals surface area contributed by atoms with Crippen LogP contribution in [0.3, 0.4) is 0 Å². The summed E-state index contributed by atoms with van der Waals surface area (Å²) in [7, 11) is 0.324. The van der Waals surface area contributed by atoms with Crippen molar-refractivity contribution in [3.63, 3.8) is 0 Å². The van der Waals surface area contributed by atoms with Crippen LogP contribution in [0.4, 0.5) is 5.95 Å². The van der Waals surface area contributed by atoms with Gasteiger partial charge in [0.15, 0.2) is 5.03 Å². The summed E-state index contributed by atoms with van der Waals surface area (Å²) in [6, 6.07) is 7.28. The molecule has 2 aromatic heterocycles. The number of sulfone groups is 1. The number of aryl methyl sites for hydroxylation is 2. The first kappa shape index (κ1) is 19.5. The third kappa shape index (κ3) is 3.28. The molecule has 158 valence electrons. The SMILES string of the molecule is CN1CCN(c2nc3c(c(S(=O)(=O)c4ccc5c(ccn5C)c4)n2)CCCC3)CC1. The van der Waals surface area contributed by atoms with Gasteiger partial charge in [-0.1, -0.05) is 0 Å². The van der Waals surface area contributed by atoms with E-state index in [0.717, 1.165) is 74.0 Å². The van der Waals surface area contributed by atoms with E-state index in [1.165, 1.54) is 0 Å². The molecule has 0 spiro atoms. The third-order valence-corrected chi connectivity index (χ3v) is 8.06. The highest BCUT2D eigenvalue weighted by Crippen LogP contribution is 2.32. The summed E-state index contributed by atoms with van der Waals surface area (Å²) < 4.78 is 29.4. The molecule has 0 bridgehead atoms. The van der Waals surface area contributed by atoms with Crippen molar-refractivity contribution in [2.75, 3.05) is 38.1 Å². The predicted octanol–water partition coefficient (Wildman–Crippen LogP) is 2.43. The molecule has 8 heteroatoms. The van der Waals surface area contributed by atoms with Crippen LogP contribution in [-0.4, -0.2) is 61.1 Å². The number of fused-ring (bicyclic) bond motifs is 2. The van der Waals surface area contributed by atoms with Crippen molar-refractivity contribution in [2.45, 2.75) is 35.6 Å². The number of hydrogen-bond donors (Lipinski definition) is 0. The van der Waals surface area contributed by atoms with Crippen LogP contribution >= 0.6 is 0 Å². The Kier molecular flexibility index (Phi) is 4.78. The van der Waals surface area contributed by atoms with Crippen LogP contribution in [-0.2, 0) is 29.7 Å². The van der Waals surface area contributed by atoms with Gasteiger partial charge in [0.1, 0.15) is 0 Å². The zero-order chi connectivity index (χ0) is 20.9. The monoisotopic (exact) mass is 425 g/mol. The molecular weight excluding hydrogens is 398 g/mol. The van der Waals surface area contributed by atoms with Crippen LogP contribution in [0.1, 0.15) is 24.1 Å². The Labute approximate surface area is 177 Å². The van der Waals surface area contributed by atoms with Crippen LogP contribution in [0, 0.1) is 0 Å². The maximum atomic E-state index is 13.7. The Morgan fingerprint density at radius 3 is 2.50 bits per heavy atom. The first-order chi connectivity index (χ1) is 14.4. The maximum Gasteiger partial charge on any atom is 0.226 e. The molecule has 30 heavy (non-hydrogen) atoms. The van der Waals surface area contributed by atoms with Crippen LogP contribution in [0.5, 0.6) is 0 Å². The molecule has 0 saturated carbocycles. The van der Waals surface area contributed by atoms with Crippen LogP contribution < -0.4 is 4.90 Å². The molecular formula is C22H27N5O2S. The van der Waals surface area contributed by atoms with Gasteiger partial charge in [-0.25, -0.2) is 18.4 Å². The number of benzene rings is 1. The van der Waals surface area contributed by atoms with Gasteiger partial charge in [-0.3, -0.25) is 0 Å². The van der Waals surface area contributed by atoms with Gasteiger partial charge in [-0.15, -0.1) is 0 Å². The molecule has 0 N–H and O–H groups in total. The van der Waals surface area contributed by atoms with Gasteiger partial charge >= 0.3 is 0 Å². The van der Waals surface area contributed by atoms with Crippen molar-refractivity contribution >= 4 is 26.7 Å². The maximum absolute atomic E-state index is 13.7. The van der Waals surface area contributed by atoms with Crippen LogP contribution in [0.2, 0.25) is 0 Å². The van der Waals surface area contributed by atoms with Gasteiger partial charge in [0.2, 0.25) is 15.8 Å². The van der Waals surface area contributed by atoms with E-state index in [1.54, 1.807) is 12.1 Å². The first-order valence-corrected chi connectivity index (χ1v) is 12.1. The second kappa shape index (κ2) is 7.35. The first-order valence-electron chi connectivity index (χ1n) is 10.6. The van der Waals surface area contributed by atoms with Gasteiger partial charge in [-0.2, -0.15) is 0 Å². The highest BCUT2D eigenvalue weighted by molar-refractivity contribution is 7.91. The molecule has 0 atom stereocenters. The largest absolute Gasteiger partial charge is 0.351 e. The molecule has 0 radical (unpaired) electrons. The molecule has 2 aliphatic rings. The molecule has 1 aromatic carbocycles. The summed E-state index contributed by atoms with van der Waals surface area (Å²) in [5.41, 5.74) is 2.73. The number of anilines is 1. The van der Waals surface area contributed by atoms with Crippen molar-refractivity contribution in [3.05, 3.63) is 41.7 Å². The zero-order valence-electron chi connectivity index (χ0n) is 17.5. The Morgan fingerprint density at radius 1 is 0.933 bits per heavy atom. The average molecular weight is 426 g/mol. The molecule has 1 aliphatic heterocycles. The summed E-state index contributed by atoms with van der Waals surface area (Å²) in [5.74, 6) is 0.558.